The van der Waals surface area contributed by atoms with Crippen LogP contribution >= 0.6 is 11.6 Å². The van der Waals surface area contributed by atoms with Crippen LogP contribution in [0.5, 0.6) is 11.5 Å². The van der Waals surface area contributed by atoms with E-state index in [4.69, 9.17) is 26.2 Å². The van der Waals surface area contributed by atoms with Crippen LogP contribution in [-0.4, -0.2) is 30.1 Å². The zero-order valence-corrected chi connectivity index (χ0v) is 10.4. The largest absolute Gasteiger partial charge is 0.486 e. The minimum Gasteiger partial charge on any atom is -0.486 e. The summed E-state index contributed by atoms with van der Waals surface area (Å²) in [5.41, 5.74) is 0.570. The predicted molar refractivity (Wildman–Crippen MR) is 63.8 cm³/mol. The Balaban J connectivity index is 2.64. The summed E-state index contributed by atoms with van der Waals surface area (Å²) >= 11 is 5.97. The van der Waals surface area contributed by atoms with Crippen LogP contribution in [0.3, 0.4) is 0 Å². The lowest BCUT2D eigenvalue weighted by Gasteiger charge is -2.23. The first-order valence-electron chi connectivity index (χ1n) is 5.44. The second kappa shape index (κ2) is 4.86. The molecule has 1 aliphatic heterocycles. The van der Waals surface area contributed by atoms with Gasteiger partial charge < -0.3 is 14.6 Å². The SMILES string of the molecule is CCc1c(C(=O)C(=O)O)cc(Cl)c2c1OCCO2. The Morgan fingerprint density at radius 3 is 2.50 bits per heavy atom. The number of hydrogen-bond donors (Lipinski definition) is 1. The van der Waals surface area contributed by atoms with Gasteiger partial charge in [-0.3, -0.25) is 4.79 Å². The third kappa shape index (κ3) is 2.01. The standard InChI is InChI=1S/C12H11ClO5/c1-2-6-7(9(14)12(15)16)5-8(13)11-10(6)17-3-4-18-11/h5H,2-4H2,1H3,(H,15,16). The average molecular weight is 271 g/mol. The Morgan fingerprint density at radius 2 is 1.94 bits per heavy atom. The highest BCUT2D eigenvalue weighted by atomic mass is 35.5. The molecule has 2 rings (SSSR count). The number of ketones is 1. The highest BCUT2D eigenvalue weighted by molar-refractivity contribution is 6.41. The summed E-state index contributed by atoms with van der Waals surface area (Å²) in [5, 5.41) is 8.97. The molecule has 1 aromatic rings. The number of Topliss-reactive ketones (excluding diaryl/α,β-unsaturated/α-hetero) is 1. The van der Waals surface area contributed by atoms with Gasteiger partial charge in [0.1, 0.15) is 13.2 Å². The first-order chi connectivity index (χ1) is 8.56. The third-order valence-corrected chi connectivity index (χ3v) is 2.94. The molecule has 0 unspecified atom stereocenters. The second-order valence-electron chi connectivity index (χ2n) is 3.73. The van der Waals surface area contributed by atoms with Crippen LogP contribution in [0.25, 0.3) is 0 Å². The van der Waals surface area contributed by atoms with E-state index in [-0.39, 0.29) is 10.6 Å². The molecule has 0 fully saturated rings. The van der Waals surface area contributed by atoms with Crippen LogP contribution in [0.15, 0.2) is 6.07 Å². The van der Waals surface area contributed by atoms with E-state index in [1.807, 2.05) is 0 Å². The van der Waals surface area contributed by atoms with Gasteiger partial charge in [-0.1, -0.05) is 18.5 Å². The number of carbonyl (C=O) groups excluding carboxylic acids is 1. The molecule has 0 saturated heterocycles. The molecule has 18 heavy (non-hydrogen) atoms. The Kier molecular flexibility index (Phi) is 3.43. The van der Waals surface area contributed by atoms with Crippen molar-refractivity contribution < 1.29 is 24.2 Å². The van der Waals surface area contributed by atoms with E-state index in [0.29, 0.717) is 36.7 Å². The van der Waals surface area contributed by atoms with Crippen molar-refractivity contribution in [2.45, 2.75) is 13.3 Å². The third-order valence-electron chi connectivity index (χ3n) is 2.66. The number of fused-ring (bicyclic) bond motifs is 1. The first-order valence-corrected chi connectivity index (χ1v) is 5.82. The molecule has 0 aliphatic carbocycles. The number of hydrogen-bond acceptors (Lipinski definition) is 4. The van der Waals surface area contributed by atoms with E-state index >= 15 is 0 Å². The maximum atomic E-state index is 11.6. The fraction of sp³-hybridized carbons (Fsp3) is 0.333. The number of ether oxygens (including phenoxy) is 2. The van der Waals surface area contributed by atoms with E-state index in [2.05, 4.69) is 0 Å². The van der Waals surface area contributed by atoms with Gasteiger partial charge in [-0.05, 0) is 12.5 Å². The quantitative estimate of drug-likeness (QED) is 0.671. The summed E-state index contributed by atoms with van der Waals surface area (Å²) in [6, 6.07) is 1.32. The minimum absolute atomic E-state index is 0.0549. The van der Waals surface area contributed by atoms with Crippen LogP contribution in [-0.2, 0) is 11.2 Å². The Morgan fingerprint density at radius 1 is 1.33 bits per heavy atom. The van der Waals surface area contributed by atoms with Gasteiger partial charge in [-0.15, -0.1) is 0 Å². The highest BCUT2D eigenvalue weighted by Crippen LogP contribution is 2.42. The molecule has 1 aliphatic rings. The normalized spacial score (nSPS) is 13.2. The lowest BCUT2D eigenvalue weighted by Crippen LogP contribution is -2.20. The smallest absolute Gasteiger partial charge is 0.377 e. The number of benzene rings is 1. The molecule has 0 amide bonds. The number of carbonyl (C=O) groups is 2. The summed E-state index contributed by atoms with van der Waals surface area (Å²) in [6.07, 6.45) is 0.456. The van der Waals surface area contributed by atoms with Gasteiger partial charge in [0.15, 0.2) is 11.5 Å². The van der Waals surface area contributed by atoms with Crippen molar-refractivity contribution in [2.75, 3.05) is 13.2 Å². The molecule has 0 spiro atoms. The van der Waals surface area contributed by atoms with Gasteiger partial charge in [-0.25, -0.2) is 4.79 Å². The molecule has 1 aromatic carbocycles. The molecule has 0 bridgehead atoms. The maximum Gasteiger partial charge on any atom is 0.377 e. The Hall–Kier alpha value is -1.75. The van der Waals surface area contributed by atoms with Crippen molar-refractivity contribution in [2.24, 2.45) is 0 Å². The maximum absolute atomic E-state index is 11.6. The first kappa shape index (κ1) is 12.7. The van der Waals surface area contributed by atoms with Gasteiger partial charge in [0.05, 0.1) is 5.02 Å². The van der Waals surface area contributed by atoms with Crippen molar-refractivity contribution in [3.63, 3.8) is 0 Å². The van der Waals surface area contributed by atoms with Gasteiger partial charge >= 0.3 is 5.97 Å². The molecule has 1 N–H and O–H groups in total. The molecule has 1 heterocycles. The van der Waals surface area contributed by atoms with E-state index < -0.39 is 11.8 Å². The Bertz CT molecular complexity index is 524. The van der Waals surface area contributed by atoms with E-state index in [1.54, 1.807) is 6.92 Å². The summed E-state index contributed by atoms with van der Waals surface area (Å²) in [4.78, 5) is 22.4. The van der Waals surface area contributed by atoms with Crippen molar-refractivity contribution in [1.82, 2.24) is 0 Å². The highest BCUT2D eigenvalue weighted by Gasteiger charge is 2.27. The van der Waals surface area contributed by atoms with Crippen LogP contribution in [0.1, 0.15) is 22.8 Å². The fourth-order valence-corrected chi connectivity index (χ4v) is 2.14. The second-order valence-corrected chi connectivity index (χ2v) is 4.13. The zero-order valence-electron chi connectivity index (χ0n) is 9.66. The molecule has 6 heteroatoms. The predicted octanol–water partition coefficient (Wildman–Crippen LogP) is 1.94. The summed E-state index contributed by atoms with van der Waals surface area (Å²) in [6.45, 7) is 2.53. The van der Waals surface area contributed by atoms with Gasteiger partial charge in [0.2, 0.25) is 0 Å². The lowest BCUT2D eigenvalue weighted by molar-refractivity contribution is -0.131. The van der Waals surface area contributed by atoms with E-state index in [9.17, 15) is 9.59 Å². The number of halogens is 1. The summed E-state index contributed by atoms with van der Waals surface area (Å²) in [7, 11) is 0. The van der Waals surface area contributed by atoms with Crippen LogP contribution < -0.4 is 9.47 Å². The minimum atomic E-state index is -1.52. The molecule has 96 valence electrons. The van der Waals surface area contributed by atoms with Crippen LogP contribution in [0.2, 0.25) is 5.02 Å². The monoisotopic (exact) mass is 270 g/mol. The molecule has 0 atom stereocenters. The molecular formula is C12H11ClO5. The fourth-order valence-electron chi connectivity index (χ4n) is 1.89. The van der Waals surface area contributed by atoms with Gasteiger partial charge in [0.25, 0.3) is 5.78 Å². The Labute approximate surface area is 108 Å². The van der Waals surface area contributed by atoms with E-state index in [1.165, 1.54) is 6.07 Å². The van der Waals surface area contributed by atoms with Gasteiger partial charge in [0, 0.05) is 11.1 Å². The molecule has 0 saturated carbocycles. The molecule has 5 nitrogen and oxygen atoms in total. The lowest BCUT2D eigenvalue weighted by atomic mass is 9.99. The average Bonchev–Trinajstić information content (AvgIpc) is 2.37. The van der Waals surface area contributed by atoms with Gasteiger partial charge in [-0.2, -0.15) is 0 Å². The van der Waals surface area contributed by atoms with E-state index in [0.717, 1.165) is 0 Å². The van der Waals surface area contributed by atoms with Crippen molar-refractivity contribution in [3.8, 4) is 11.5 Å². The number of carboxylic acid groups (broad SMARTS) is 1. The summed E-state index contributed by atoms with van der Waals surface area (Å²) < 4.78 is 10.8. The van der Waals surface area contributed by atoms with Crippen molar-refractivity contribution >= 4 is 23.4 Å². The summed E-state index contributed by atoms with van der Waals surface area (Å²) in [5.74, 6) is -1.76. The number of rotatable bonds is 3. The van der Waals surface area contributed by atoms with Crippen LogP contribution in [0, 0.1) is 0 Å². The van der Waals surface area contributed by atoms with Crippen molar-refractivity contribution in [1.29, 1.82) is 0 Å². The molecule has 0 aromatic heterocycles. The number of aliphatic carboxylic acids is 1. The van der Waals surface area contributed by atoms with Crippen molar-refractivity contribution in [3.05, 3.63) is 22.2 Å². The zero-order chi connectivity index (χ0) is 13.3. The topological polar surface area (TPSA) is 72.8 Å². The molecule has 0 radical (unpaired) electrons. The van der Waals surface area contributed by atoms with Crippen LogP contribution in [0.4, 0.5) is 0 Å². The molecular weight excluding hydrogens is 260 g/mol. The number of carboxylic acids is 1.